The number of hydrogen-bond acceptors (Lipinski definition) is 1. The first kappa shape index (κ1) is 15.0. The molecule has 0 aromatic heterocycles. The third-order valence-corrected chi connectivity index (χ3v) is 3.68. The monoisotopic (exact) mass is 273 g/mol. The van der Waals surface area contributed by atoms with E-state index in [1.54, 1.807) is 6.07 Å². The molecule has 0 aliphatic heterocycles. The summed E-state index contributed by atoms with van der Waals surface area (Å²) < 4.78 is 14.0. The van der Waals surface area contributed by atoms with Crippen molar-refractivity contribution in [3.05, 3.63) is 47.8 Å². The van der Waals surface area contributed by atoms with Crippen molar-refractivity contribution in [1.82, 2.24) is 5.32 Å². The third kappa shape index (κ3) is 3.01. The number of hydrogen-bond donors (Lipinski definition) is 1. The summed E-state index contributed by atoms with van der Waals surface area (Å²) in [5.41, 5.74) is 1.26. The third-order valence-electron chi connectivity index (χ3n) is 3.68. The lowest BCUT2D eigenvalue weighted by Crippen LogP contribution is -2.33. The molecule has 108 valence electrons. The van der Waals surface area contributed by atoms with E-state index < -0.39 is 0 Å². The largest absolute Gasteiger partial charge is 0.309 e. The van der Waals surface area contributed by atoms with Gasteiger partial charge in [0.2, 0.25) is 0 Å². The van der Waals surface area contributed by atoms with Crippen molar-refractivity contribution in [2.45, 2.75) is 40.2 Å². The van der Waals surface area contributed by atoms with Gasteiger partial charge in [-0.25, -0.2) is 4.39 Å². The molecule has 0 radical (unpaired) electrons. The summed E-state index contributed by atoms with van der Waals surface area (Å²) in [4.78, 5) is 0. The fourth-order valence-corrected chi connectivity index (χ4v) is 2.71. The highest BCUT2D eigenvalue weighted by Gasteiger charge is 2.27. The van der Waals surface area contributed by atoms with Crippen LogP contribution in [0.4, 0.5) is 4.39 Å². The van der Waals surface area contributed by atoms with Gasteiger partial charge in [0, 0.05) is 11.4 Å². The molecule has 1 unspecified atom stereocenters. The molecule has 0 aliphatic carbocycles. The van der Waals surface area contributed by atoms with E-state index in [1.807, 2.05) is 30.3 Å². The molecule has 0 saturated carbocycles. The molecule has 1 atom stereocenters. The zero-order valence-electron chi connectivity index (χ0n) is 12.8. The summed E-state index contributed by atoms with van der Waals surface area (Å²) in [6, 6.07) is 11.5. The van der Waals surface area contributed by atoms with Crippen molar-refractivity contribution in [1.29, 1.82) is 0 Å². The van der Waals surface area contributed by atoms with Crippen LogP contribution < -0.4 is 5.32 Å². The predicted molar refractivity (Wildman–Crippen MR) is 84.4 cm³/mol. The Morgan fingerprint density at radius 1 is 1.05 bits per heavy atom. The lowest BCUT2D eigenvalue weighted by Gasteiger charge is -2.33. The summed E-state index contributed by atoms with van der Waals surface area (Å²) in [6.07, 6.45) is 1.09. The van der Waals surface area contributed by atoms with E-state index in [-0.39, 0.29) is 17.3 Å². The number of halogens is 1. The van der Waals surface area contributed by atoms with E-state index in [9.17, 15) is 4.39 Å². The Morgan fingerprint density at radius 3 is 2.30 bits per heavy atom. The van der Waals surface area contributed by atoms with Gasteiger partial charge in [0.15, 0.2) is 0 Å². The van der Waals surface area contributed by atoms with Crippen LogP contribution in [-0.2, 0) is 0 Å². The molecule has 0 saturated heterocycles. The molecule has 20 heavy (non-hydrogen) atoms. The fraction of sp³-hybridized carbons (Fsp3) is 0.444. The standard InChI is InChI=1S/C18H24FN/c1-5-12-20-17(18(2,3)4)15-10-11-16(19)14-9-7-6-8-13(14)15/h6-11,17,20H,5,12H2,1-4H3. The SMILES string of the molecule is CCCNC(c1ccc(F)c2ccccc12)C(C)(C)C. The van der Waals surface area contributed by atoms with Gasteiger partial charge in [0.1, 0.15) is 5.82 Å². The minimum atomic E-state index is -0.146. The minimum absolute atomic E-state index is 0.0791. The maximum atomic E-state index is 14.0. The van der Waals surface area contributed by atoms with Gasteiger partial charge < -0.3 is 5.32 Å². The Morgan fingerprint density at radius 2 is 1.70 bits per heavy atom. The zero-order chi connectivity index (χ0) is 14.8. The van der Waals surface area contributed by atoms with E-state index >= 15 is 0 Å². The molecule has 0 spiro atoms. The van der Waals surface area contributed by atoms with Crippen molar-refractivity contribution in [3.8, 4) is 0 Å². The molecule has 0 amide bonds. The Labute approximate surface area is 121 Å². The highest BCUT2D eigenvalue weighted by atomic mass is 19.1. The summed E-state index contributed by atoms with van der Waals surface area (Å²) in [6.45, 7) is 9.79. The van der Waals surface area contributed by atoms with Crippen molar-refractivity contribution in [2.24, 2.45) is 5.41 Å². The summed E-state index contributed by atoms with van der Waals surface area (Å²) >= 11 is 0. The van der Waals surface area contributed by atoms with Crippen LogP contribution in [0.5, 0.6) is 0 Å². The normalized spacial score (nSPS) is 13.7. The lowest BCUT2D eigenvalue weighted by atomic mass is 9.80. The molecule has 0 aliphatic rings. The molecule has 0 bridgehead atoms. The fourth-order valence-electron chi connectivity index (χ4n) is 2.71. The van der Waals surface area contributed by atoms with Gasteiger partial charge >= 0.3 is 0 Å². The van der Waals surface area contributed by atoms with Gasteiger partial charge in [0.05, 0.1) is 0 Å². The second kappa shape index (κ2) is 5.92. The van der Waals surface area contributed by atoms with Gasteiger partial charge in [-0.15, -0.1) is 0 Å². The van der Waals surface area contributed by atoms with Crippen LogP contribution in [0, 0.1) is 11.2 Å². The number of nitrogens with one attached hydrogen (secondary N) is 1. The lowest BCUT2D eigenvalue weighted by molar-refractivity contribution is 0.275. The van der Waals surface area contributed by atoms with Crippen molar-refractivity contribution < 1.29 is 4.39 Å². The smallest absolute Gasteiger partial charge is 0.131 e. The van der Waals surface area contributed by atoms with Crippen molar-refractivity contribution >= 4 is 10.8 Å². The van der Waals surface area contributed by atoms with Gasteiger partial charge in [-0.05, 0) is 35.4 Å². The van der Waals surface area contributed by atoms with Crippen LogP contribution in [0.1, 0.15) is 45.7 Å². The molecular formula is C18H24FN. The second-order valence-electron chi connectivity index (χ2n) is 6.44. The molecule has 0 fully saturated rings. The molecule has 1 N–H and O–H groups in total. The van der Waals surface area contributed by atoms with Crippen LogP contribution in [0.25, 0.3) is 10.8 Å². The van der Waals surface area contributed by atoms with Gasteiger partial charge in [0.25, 0.3) is 0 Å². The van der Waals surface area contributed by atoms with Gasteiger partial charge in [-0.3, -0.25) is 0 Å². The molecule has 2 aromatic carbocycles. The molecular weight excluding hydrogens is 249 g/mol. The van der Waals surface area contributed by atoms with Crippen LogP contribution in [0.2, 0.25) is 0 Å². The molecule has 0 heterocycles. The van der Waals surface area contributed by atoms with Crippen LogP contribution in [0.3, 0.4) is 0 Å². The minimum Gasteiger partial charge on any atom is -0.309 e. The molecule has 1 nitrogen and oxygen atoms in total. The van der Waals surface area contributed by atoms with E-state index in [1.165, 1.54) is 5.56 Å². The topological polar surface area (TPSA) is 12.0 Å². The Balaban J connectivity index is 2.56. The van der Waals surface area contributed by atoms with E-state index in [0.717, 1.165) is 18.4 Å². The van der Waals surface area contributed by atoms with Gasteiger partial charge in [-0.1, -0.05) is 58.0 Å². The van der Waals surface area contributed by atoms with E-state index in [2.05, 4.69) is 33.0 Å². The highest BCUT2D eigenvalue weighted by Crippen LogP contribution is 2.37. The maximum Gasteiger partial charge on any atom is 0.131 e. The molecule has 2 heteroatoms. The highest BCUT2D eigenvalue weighted by molar-refractivity contribution is 5.86. The first-order chi connectivity index (χ1) is 9.45. The number of benzene rings is 2. The zero-order valence-corrected chi connectivity index (χ0v) is 12.8. The number of rotatable bonds is 4. The predicted octanol–water partition coefficient (Wildman–Crippen LogP) is 5.07. The first-order valence-corrected chi connectivity index (χ1v) is 7.35. The Kier molecular flexibility index (Phi) is 4.44. The summed E-state index contributed by atoms with van der Waals surface area (Å²) in [7, 11) is 0. The second-order valence-corrected chi connectivity index (χ2v) is 6.44. The first-order valence-electron chi connectivity index (χ1n) is 7.35. The summed E-state index contributed by atoms with van der Waals surface area (Å²) in [5, 5.41) is 5.33. The Bertz CT molecular complexity index is 583. The summed E-state index contributed by atoms with van der Waals surface area (Å²) in [5.74, 6) is -0.146. The quantitative estimate of drug-likeness (QED) is 0.820. The molecule has 2 rings (SSSR count). The van der Waals surface area contributed by atoms with Crippen molar-refractivity contribution in [3.63, 3.8) is 0 Å². The van der Waals surface area contributed by atoms with Crippen LogP contribution in [0.15, 0.2) is 36.4 Å². The van der Waals surface area contributed by atoms with E-state index in [0.29, 0.717) is 5.39 Å². The van der Waals surface area contributed by atoms with Crippen LogP contribution >= 0.6 is 0 Å². The maximum absolute atomic E-state index is 14.0. The average molecular weight is 273 g/mol. The average Bonchev–Trinajstić information content (AvgIpc) is 2.40. The van der Waals surface area contributed by atoms with E-state index in [4.69, 9.17) is 0 Å². The van der Waals surface area contributed by atoms with Crippen LogP contribution in [-0.4, -0.2) is 6.54 Å². The Hall–Kier alpha value is -1.41. The molecule has 2 aromatic rings. The number of fused-ring (bicyclic) bond motifs is 1. The van der Waals surface area contributed by atoms with Gasteiger partial charge in [-0.2, -0.15) is 0 Å². The van der Waals surface area contributed by atoms with Crippen molar-refractivity contribution in [2.75, 3.05) is 6.54 Å².